The fourth-order valence-electron chi connectivity index (χ4n) is 6.01. The van der Waals surface area contributed by atoms with Gasteiger partial charge >= 0.3 is 0 Å². The summed E-state index contributed by atoms with van der Waals surface area (Å²) in [5, 5.41) is 0. The van der Waals surface area contributed by atoms with Gasteiger partial charge in [-0.15, -0.1) is 0 Å². The molecule has 208 valence electrons. The average molecular weight is 559 g/mol. The van der Waals surface area contributed by atoms with E-state index in [4.69, 9.17) is 4.98 Å². The van der Waals surface area contributed by atoms with Crippen molar-refractivity contribution < 1.29 is 13.2 Å². The molecule has 0 unspecified atom stereocenters. The van der Waals surface area contributed by atoms with Gasteiger partial charge in [-0.2, -0.15) is 0 Å². The van der Waals surface area contributed by atoms with E-state index in [1.165, 1.54) is 5.69 Å². The molecule has 0 atom stereocenters. The molecule has 10 heteroatoms. The van der Waals surface area contributed by atoms with Gasteiger partial charge in [0.1, 0.15) is 11.3 Å². The largest absolute Gasteiger partial charge is 0.371 e. The van der Waals surface area contributed by atoms with Crippen LogP contribution >= 0.6 is 0 Å². The number of fused-ring (bicyclic) bond motifs is 1. The first-order valence-corrected chi connectivity index (χ1v) is 15.4. The van der Waals surface area contributed by atoms with Gasteiger partial charge in [0.15, 0.2) is 0 Å². The van der Waals surface area contributed by atoms with Gasteiger partial charge in [0.2, 0.25) is 10.0 Å². The van der Waals surface area contributed by atoms with Gasteiger partial charge in [-0.1, -0.05) is 24.3 Å². The number of pyridine rings is 1. The standard InChI is InChI=1S/C30H34N6O3S/c37-29(36-21-14-30(15-22-36)12-19-35(20-13-30)23-9-16-31-17-10-23)25-7-4-8-26-28(25)34-27(33-26)11-18-32-40(38,39)24-5-2-1-3-6-24/h1-10,16-17,32H,11-15,18-22H2,(H,33,34). The summed E-state index contributed by atoms with van der Waals surface area (Å²) in [5.41, 5.74) is 3.55. The highest BCUT2D eigenvalue weighted by atomic mass is 32.2. The van der Waals surface area contributed by atoms with Crippen LogP contribution in [0.4, 0.5) is 5.69 Å². The third kappa shape index (κ3) is 5.46. The Hall–Kier alpha value is -3.76. The second-order valence-electron chi connectivity index (χ2n) is 10.8. The van der Waals surface area contributed by atoms with Crippen LogP contribution in [0.3, 0.4) is 0 Å². The van der Waals surface area contributed by atoms with Gasteiger partial charge in [0.05, 0.1) is 16.0 Å². The number of rotatable bonds is 7. The van der Waals surface area contributed by atoms with Crippen LogP contribution in [-0.4, -0.2) is 66.9 Å². The summed E-state index contributed by atoms with van der Waals surface area (Å²) in [4.78, 5) is 30.3. The first kappa shape index (κ1) is 26.5. The topological polar surface area (TPSA) is 111 Å². The van der Waals surface area contributed by atoms with Crippen LogP contribution in [0.25, 0.3) is 11.0 Å². The third-order valence-corrected chi connectivity index (χ3v) is 9.94. The lowest BCUT2D eigenvalue weighted by atomic mass is 9.71. The fourth-order valence-corrected chi connectivity index (χ4v) is 7.06. The zero-order valence-electron chi connectivity index (χ0n) is 22.4. The van der Waals surface area contributed by atoms with E-state index in [2.05, 4.69) is 31.7 Å². The zero-order chi connectivity index (χ0) is 27.6. The van der Waals surface area contributed by atoms with E-state index in [0.717, 1.165) is 57.4 Å². The maximum Gasteiger partial charge on any atom is 0.256 e. The van der Waals surface area contributed by atoms with Crippen molar-refractivity contribution in [2.75, 3.05) is 37.6 Å². The average Bonchev–Trinajstić information content (AvgIpc) is 3.42. The van der Waals surface area contributed by atoms with Crippen molar-refractivity contribution in [3.63, 3.8) is 0 Å². The molecule has 1 spiro atoms. The number of para-hydroxylation sites is 1. The molecule has 0 bridgehead atoms. The lowest BCUT2D eigenvalue weighted by Gasteiger charge is -2.47. The van der Waals surface area contributed by atoms with Crippen LogP contribution in [0.5, 0.6) is 0 Å². The van der Waals surface area contributed by atoms with Gasteiger partial charge in [0.25, 0.3) is 5.91 Å². The van der Waals surface area contributed by atoms with Crippen molar-refractivity contribution >= 4 is 32.7 Å². The Labute approximate surface area is 234 Å². The molecule has 0 aliphatic carbocycles. The number of aromatic amines is 1. The predicted octanol–water partition coefficient (Wildman–Crippen LogP) is 4.00. The van der Waals surface area contributed by atoms with Crippen LogP contribution in [0.1, 0.15) is 41.9 Å². The molecule has 2 aromatic carbocycles. The van der Waals surface area contributed by atoms with E-state index in [1.54, 1.807) is 30.3 Å². The summed E-state index contributed by atoms with van der Waals surface area (Å²) in [6.45, 7) is 3.78. The molecule has 4 aromatic rings. The number of imidazole rings is 1. The summed E-state index contributed by atoms with van der Waals surface area (Å²) in [6, 6.07) is 18.1. The molecule has 2 saturated heterocycles. The number of nitrogens with one attached hydrogen (secondary N) is 2. The van der Waals surface area contributed by atoms with Gasteiger partial charge < -0.3 is 14.8 Å². The SMILES string of the molecule is O=C(c1cccc2[nH]c(CCNS(=O)(=O)c3ccccc3)nc12)N1CCC2(CC1)CCN(c1ccncc1)CC2. The summed E-state index contributed by atoms with van der Waals surface area (Å²) in [5.74, 6) is 0.655. The summed E-state index contributed by atoms with van der Waals surface area (Å²) in [6.07, 6.45) is 8.41. The van der Waals surface area contributed by atoms with Crippen molar-refractivity contribution in [1.82, 2.24) is 24.6 Å². The number of benzene rings is 2. The molecular formula is C30H34N6O3S. The molecule has 2 aliphatic rings. The maximum absolute atomic E-state index is 13.6. The molecule has 2 aromatic heterocycles. The molecule has 0 saturated carbocycles. The van der Waals surface area contributed by atoms with Gasteiger partial charge in [-0.05, 0) is 67.5 Å². The first-order chi connectivity index (χ1) is 19.4. The molecule has 2 N–H and O–H groups in total. The maximum atomic E-state index is 13.6. The minimum absolute atomic E-state index is 0.0116. The lowest BCUT2D eigenvalue weighted by molar-refractivity contribution is 0.0516. The molecular weight excluding hydrogens is 524 g/mol. The number of amides is 1. The Bertz CT molecular complexity index is 1570. The number of hydrogen-bond acceptors (Lipinski definition) is 6. The van der Waals surface area contributed by atoms with Crippen molar-refractivity contribution in [1.29, 1.82) is 0 Å². The second kappa shape index (κ2) is 11.0. The number of nitrogens with zero attached hydrogens (tertiary/aromatic N) is 4. The van der Waals surface area contributed by atoms with E-state index < -0.39 is 10.0 Å². The van der Waals surface area contributed by atoms with Gasteiger partial charge in [0, 0.05) is 57.2 Å². The van der Waals surface area contributed by atoms with Crippen molar-refractivity contribution in [2.45, 2.75) is 37.0 Å². The molecule has 2 fully saturated rings. The van der Waals surface area contributed by atoms with Crippen LogP contribution in [-0.2, 0) is 16.4 Å². The summed E-state index contributed by atoms with van der Waals surface area (Å²) in [7, 11) is -3.58. The Morgan fingerprint density at radius 2 is 1.60 bits per heavy atom. The number of anilines is 1. The fraction of sp³-hybridized carbons (Fsp3) is 0.367. The number of sulfonamides is 1. The Morgan fingerprint density at radius 1 is 0.900 bits per heavy atom. The molecule has 1 amide bonds. The molecule has 4 heterocycles. The number of carbonyl (C=O) groups excluding carboxylic acids is 1. The smallest absolute Gasteiger partial charge is 0.256 e. The van der Waals surface area contributed by atoms with Crippen LogP contribution in [0, 0.1) is 5.41 Å². The third-order valence-electron chi connectivity index (χ3n) is 8.46. The van der Waals surface area contributed by atoms with E-state index >= 15 is 0 Å². The van der Waals surface area contributed by atoms with Crippen LogP contribution in [0.15, 0.2) is 78.0 Å². The van der Waals surface area contributed by atoms with E-state index in [-0.39, 0.29) is 17.3 Å². The Balaban J connectivity index is 1.07. The first-order valence-electron chi connectivity index (χ1n) is 13.9. The second-order valence-corrected chi connectivity index (χ2v) is 12.6. The highest BCUT2D eigenvalue weighted by molar-refractivity contribution is 7.89. The van der Waals surface area contributed by atoms with Crippen molar-refractivity contribution in [3.8, 4) is 0 Å². The number of carbonyl (C=O) groups is 1. The number of piperidine rings is 2. The van der Waals surface area contributed by atoms with E-state index in [1.807, 2.05) is 35.5 Å². The summed E-state index contributed by atoms with van der Waals surface area (Å²) < 4.78 is 27.6. The lowest BCUT2D eigenvalue weighted by Crippen LogP contribution is -2.48. The zero-order valence-corrected chi connectivity index (χ0v) is 23.2. The number of hydrogen-bond donors (Lipinski definition) is 2. The van der Waals surface area contributed by atoms with Crippen LogP contribution < -0.4 is 9.62 Å². The van der Waals surface area contributed by atoms with Crippen molar-refractivity contribution in [2.24, 2.45) is 5.41 Å². The number of aromatic nitrogens is 3. The molecule has 6 rings (SSSR count). The minimum atomic E-state index is -3.58. The Kier molecular flexibility index (Phi) is 7.29. The Morgan fingerprint density at radius 3 is 2.33 bits per heavy atom. The van der Waals surface area contributed by atoms with Gasteiger partial charge in [-0.3, -0.25) is 9.78 Å². The monoisotopic (exact) mass is 558 g/mol. The van der Waals surface area contributed by atoms with E-state index in [0.29, 0.717) is 28.7 Å². The number of H-pyrrole nitrogens is 1. The summed E-state index contributed by atoms with van der Waals surface area (Å²) >= 11 is 0. The predicted molar refractivity (Wildman–Crippen MR) is 155 cm³/mol. The molecule has 0 radical (unpaired) electrons. The van der Waals surface area contributed by atoms with Crippen molar-refractivity contribution in [3.05, 3.63) is 84.4 Å². The van der Waals surface area contributed by atoms with Crippen LogP contribution in [0.2, 0.25) is 0 Å². The quantitative estimate of drug-likeness (QED) is 0.355. The molecule has 40 heavy (non-hydrogen) atoms. The van der Waals surface area contributed by atoms with E-state index in [9.17, 15) is 13.2 Å². The normalized spacial score (nSPS) is 17.4. The van der Waals surface area contributed by atoms with Gasteiger partial charge in [-0.25, -0.2) is 18.1 Å². The molecule has 2 aliphatic heterocycles. The molecule has 9 nitrogen and oxygen atoms in total. The number of likely N-dealkylation sites (tertiary alicyclic amines) is 1. The minimum Gasteiger partial charge on any atom is -0.371 e. The highest BCUT2D eigenvalue weighted by Crippen LogP contribution is 2.42. The highest BCUT2D eigenvalue weighted by Gasteiger charge is 2.39.